The molecule has 2 nitrogen and oxygen atoms in total. The van der Waals surface area contributed by atoms with Gasteiger partial charge in [-0.2, -0.15) is 0 Å². The van der Waals surface area contributed by atoms with Crippen LogP contribution in [-0.4, -0.2) is 23.8 Å². The highest BCUT2D eigenvalue weighted by Crippen LogP contribution is 2.36. The molecule has 2 heteroatoms. The van der Waals surface area contributed by atoms with Gasteiger partial charge in [0.25, 0.3) is 0 Å². The van der Waals surface area contributed by atoms with E-state index in [0.717, 1.165) is 13.0 Å². The SMILES string of the molecule is CC1Cc2ccccc2N1CC(O)C1CC1. The number of fused-ring (bicyclic) bond motifs is 1. The van der Waals surface area contributed by atoms with Crippen LogP contribution in [0.1, 0.15) is 25.3 Å². The van der Waals surface area contributed by atoms with E-state index in [9.17, 15) is 5.11 Å². The molecule has 1 aromatic carbocycles. The molecule has 2 aliphatic rings. The molecule has 1 saturated carbocycles. The number of hydrogen-bond donors (Lipinski definition) is 1. The van der Waals surface area contributed by atoms with Gasteiger partial charge in [-0.25, -0.2) is 0 Å². The minimum Gasteiger partial charge on any atom is -0.391 e. The molecule has 2 atom stereocenters. The molecule has 0 aromatic heterocycles. The Morgan fingerprint density at radius 1 is 1.38 bits per heavy atom. The second-order valence-electron chi connectivity index (χ2n) is 5.24. The Morgan fingerprint density at radius 2 is 2.12 bits per heavy atom. The molecule has 16 heavy (non-hydrogen) atoms. The first-order chi connectivity index (χ1) is 7.75. The fourth-order valence-electron chi connectivity index (χ4n) is 2.74. The zero-order chi connectivity index (χ0) is 11.1. The number of β-amino-alcohol motifs (C(OH)–C–C–N with tert-alkyl or cyclic N) is 1. The number of hydrogen-bond acceptors (Lipinski definition) is 2. The zero-order valence-electron chi connectivity index (χ0n) is 9.76. The molecular weight excluding hydrogens is 198 g/mol. The average Bonchev–Trinajstić information content (AvgIpc) is 3.06. The van der Waals surface area contributed by atoms with Gasteiger partial charge in [-0.15, -0.1) is 0 Å². The standard InChI is InChI=1S/C14H19NO/c1-10-8-12-4-2-3-5-13(12)15(10)9-14(16)11-6-7-11/h2-5,10-11,14,16H,6-9H2,1H3. The highest BCUT2D eigenvalue weighted by Gasteiger charge is 2.34. The quantitative estimate of drug-likeness (QED) is 0.839. The van der Waals surface area contributed by atoms with E-state index in [2.05, 4.69) is 36.1 Å². The summed E-state index contributed by atoms with van der Waals surface area (Å²) in [4.78, 5) is 2.37. The van der Waals surface area contributed by atoms with Crippen molar-refractivity contribution >= 4 is 5.69 Å². The predicted octanol–water partition coefficient (Wildman–Crippen LogP) is 2.21. The molecule has 86 valence electrons. The third-order valence-electron chi connectivity index (χ3n) is 3.90. The summed E-state index contributed by atoms with van der Waals surface area (Å²) in [5, 5.41) is 10.1. The van der Waals surface area contributed by atoms with Crippen molar-refractivity contribution in [3.8, 4) is 0 Å². The Morgan fingerprint density at radius 3 is 2.88 bits per heavy atom. The van der Waals surface area contributed by atoms with Crippen molar-refractivity contribution < 1.29 is 5.11 Å². The van der Waals surface area contributed by atoms with E-state index in [4.69, 9.17) is 0 Å². The highest BCUT2D eigenvalue weighted by molar-refractivity contribution is 5.59. The third-order valence-corrected chi connectivity index (χ3v) is 3.90. The average molecular weight is 217 g/mol. The van der Waals surface area contributed by atoms with E-state index in [1.165, 1.54) is 24.1 Å². The molecule has 1 aliphatic carbocycles. The zero-order valence-corrected chi connectivity index (χ0v) is 9.76. The van der Waals surface area contributed by atoms with Gasteiger partial charge in [0, 0.05) is 18.3 Å². The van der Waals surface area contributed by atoms with E-state index in [1.807, 2.05) is 0 Å². The van der Waals surface area contributed by atoms with Crippen molar-refractivity contribution in [2.45, 2.75) is 38.3 Å². The summed E-state index contributed by atoms with van der Waals surface area (Å²) in [7, 11) is 0. The molecule has 1 fully saturated rings. The lowest BCUT2D eigenvalue weighted by Crippen LogP contribution is -2.37. The van der Waals surface area contributed by atoms with E-state index in [-0.39, 0.29) is 6.10 Å². The van der Waals surface area contributed by atoms with Crippen LogP contribution < -0.4 is 4.90 Å². The number of rotatable bonds is 3. The summed E-state index contributed by atoms with van der Waals surface area (Å²) in [5.74, 6) is 0.569. The largest absolute Gasteiger partial charge is 0.391 e. The summed E-state index contributed by atoms with van der Waals surface area (Å²) in [6.45, 7) is 3.06. The van der Waals surface area contributed by atoms with Crippen LogP contribution in [0.3, 0.4) is 0 Å². The second kappa shape index (κ2) is 3.77. The lowest BCUT2D eigenvalue weighted by atomic mass is 10.1. The van der Waals surface area contributed by atoms with Gasteiger partial charge in [0.05, 0.1) is 6.10 Å². The van der Waals surface area contributed by atoms with Gasteiger partial charge >= 0.3 is 0 Å². The van der Waals surface area contributed by atoms with Crippen molar-refractivity contribution in [3.05, 3.63) is 29.8 Å². The summed E-state index contributed by atoms with van der Waals surface area (Å²) >= 11 is 0. The molecule has 1 aliphatic heterocycles. The molecule has 1 aromatic rings. The number of nitrogens with zero attached hydrogens (tertiary/aromatic N) is 1. The number of aliphatic hydroxyl groups is 1. The van der Waals surface area contributed by atoms with E-state index in [1.54, 1.807) is 0 Å². The van der Waals surface area contributed by atoms with Crippen LogP contribution in [-0.2, 0) is 6.42 Å². The Balaban J connectivity index is 1.78. The topological polar surface area (TPSA) is 23.5 Å². The minimum atomic E-state index is -0.131. The van der Waals surface area contributed by atoms with Gasteiger partial charge < -0.3 is 10.0 Å². The number of aliphatic hydroxyl groups excluding tert-OH is 1. The molecule has 0 spiro atoms. The second-order valence-corrected chi connectivity index (χ2v) is 5.24. The highest BCUT2D eigenvalue weighted by atomic mass is 16.3. The number of benzene rings is 1. The van der Waals surface area contributed by atoms with Crippen LogP contribution in [0.5, 0.6) is 0 Å². The van der Waals surface area contributed by atoms with Crippen molar-refractivity contribution in [1.82, 2.24) is 0 Å². The molecule has 1 heterocycles. The van der Waals surface area contributed by atoms with E-state index < -0.39 is 0 Å². The Kier molecular flexibility index (Phi) is 2.40. The smallest absolute Gasteiger partial charge is 0.0743 e. The van der Waals surface area contributed by atoms with Crippen LogP contribution in [0.25, 0.3) is 0 Å². The minimum absolute atomic E-state index is 0.131. The maximum Gasteiger partial charge on any atom is 0.0743 e. The Labute approximate surface area is 96.9 Å². The summed E-state index contributed by atoms with van der Waals surface area (Å²) in [6, 6.07) is 9.11. The predicted molar refractivity (Wildman–Crippen MR) is 65.7 cm³/mol. The fraction of sp³-hybridized carbons (Fsp3) is 0.571. The van der Waals surface area contributed by atoms with Crippen molar-refractivity contribution in [3.63, 3.8) is 0 Å². The van der Waals surface area contributed by atoms with Crippen LogP contribution in [0, 0.1) is 5.92 Å². The summed E-state index contributed by atoms with van der Waals surface area (Å²) < 4.78 is 0. The van der Waals surface area contributed by atoms with E-state index >= 15 is 0 Å². The van der Waals surface area contributed by atoms with Crippen molar-refractivity contribution in [1.29, 1.82) is 0 Å². The van der Waals surface area contributed by atoms with Crippen LogP contribution in [0.15, 0.2) is 24.3 Å². The first-order valence-electron chi connectivity index (χ1n) is 6.28. The lowest BCUT2D eigenvalue weighted by Gasteiger charge is -2.27. The van der Waals surface area contributed by atoms with Crippen LogP contribution in [0.2, 0.25) is 0 Å². The molecular formula is C14H19NO. The first kappa shape index (κ1) is 10.2. The molecule has 1 N–H and O–H groups in total. The van der Waals surface area contributed by atoms with Crippen LogP contribution in [0.4, 0.5) is 5.69 Å². The normalized spacial score (nSPS) is 25.6. The lowest BCUT2D eigenvalue weighted by molar-refractivity contribution is 0.155. The molecule has 2 unspecified atom stereocenters. The fourth-order valence-corrected chi connectivity index (χ4v) is 2.74. The molecule has 3 rings (SSSR count). The van der Waals surface area contributed by atoms with Crippen LogP contribution >= 0.6 is 0 Å². The molecule has 0 radical (unpaired) electrons. The van der Waals surface area contributed by atoms with Crippen molar-refractivity contribution in [2.24, 2.45) is 5.92 Å². The molecule has 0 saturated heterocycles. The van der Waals surface area contributed by atoms with Gasteiger partial charge in [0.15, 0.2) is 0 Å². The van der Waals surface area contributed by atoms with Crippen molar-refractivity contribution in [2.75, 3.05) is 11.4 Å². The van der Waals surface area contributed by atoms with E-state index in [0.29, 0.717) is 12.0 Å². The summed E-state index contributed by atoms with van der Waals surface area (Å²) in [6.07, 6.45) is 3.41. The Hall–Kier alpha value is -1.02. The van der Waals surface area contributed by atoms with Gasteiger partial charge in [-0.05, 0) is 43.7 Å². The maximum absolute atomic E-state index is 10.1. The monoisotopic (exact) mass is 217 g/mol. The number of anilines is 1. The first-order valence-corrected chi connectivity index (χ1v) is 6.28. The molecule has 0 bridgehead atoms. The van der Waals surface area contributed by atoms with Gasteiger partial charge in [-0.3, -0.25) is 0 Å². The van der Waals surface area contributed by atoms with Gasteiger partial charge in [-0.1, -0.05) is 18.2 Å². The number of para-hydroxylation sites is 1. The molecule has 0 amide bonds. The maximum atomic E-state index is 10.1. The van der Waals surface area contributed by atoms with Gasteiger partial charge in [0.2, 0.25) is 0 Å². The summed E-state index contributed by atoms with van der Waals surface area (Å²) in [5.41, 5.74) is 2.76. The Bertz CT molecular complexity index is 386. The van der Waals surface area contributed by atoms with Gasteiger partial charge in [0.1, 0.15) is 0 Å². The third kappa shape index (κ3) is 1.71.